The summed E-state index contributed by atoms with van der Waals surface area (Å²) in [6.45, 7) is 1.89. The van der Waals surface area contributed by atoms with Crippen LogP contribution in [0.15, 0.2) is 24.5 Å². The van der Waals surface area contributed by atoms with Gasteiger partial charge in [0.15, 0.2) is 5.82 Å². The van der Waals surface area contributed by atoms with Crippen molar-refractivity contribution in [3.63, 3.8) is 0 Å². The third kappa shape index (κ3) is 2.22. The SMILES string of the molecule is CNc1cc([N+](=O)[O-])cc(-n2cc(C)cn2)n1. The lowest BCUT2D eigenvalue weighted by Gasteiger charge is -2.04. The number of rotatable bonds is 3. The molecule has 0 aromatic carbocycles. The van der Waals surface area contributed by atoms with E-state index >= 15 is 0 Å². The molecule has 2 aromatic heterocycles. The van der Waals surface area contributed by atoms with E-state index in [1.165, 1.54) is 16.8 Å². The molecule has 17 heavy (non-hydrogen) atoms. The summed E-state index contributed by atoms with van der Waals surface area (Å²) >= 11 is 0. The van der Waals surface area contributed by atoms with Gasteiger partial charge in [0.25, 0.3) is 5.69 Å². The van der Waals surface area contributed by atoms with Crippen molar-refractivity contribution in [1.82, 2.24) is 14.8 Å². The first kappa shape index (κ1) is 11.1. The van der Waals surface area contributed by atoms with Gasteiger partial charge in [-0.1, -0.05) is 0 Å². The number of hydrogen-bond donors (Lipinski definition) is 1. The molecule has 0 atom stereocenters. The Labute approximate surface area is 97.2 Å². The molecule has 88 valence electrons. The molecule has 0 saturated heterocycles. The Morgan fingerprint density at radius 3 is 2.76 bits per heavy atom. The van der Waals surface area contributed by atoms with Crippen molar-refractivity contribution < 1.29 is 4.92 Å². The summed E-state index contributed by atoms with van der Waals surface area (Å²) in [5.74, 6) is 0.846. The summed E-state index contributed by atoms with van der Waals surface area (Å²) < 4.78 is 1.50. The fourth-order valence-corrected chi connectivity index (χ4v) is 1.39. The van der Waals surface area contributed by atoms with E-state index in [4.69, 9.17) is 0 Å². The average Bonchev–Trinajstić information content (AvgIpc) is 2.75. The highest BCUT2D eigenvalue weighted by Crippen LogP contribution is 2.19. The summed E-state index contributed by atoms with van der Waals surface area (Å²) in [4.78, 5) is 14.5. The van der Waals surface area contributed by atoms with Gasteiger partial charge in [0.05, 0.1) is 23.3 Å². The van der Waals surface area contributed by atoms with Crippen LogP contribution in [-0.4, -0.2) is 26.7 Å². The topological polar surface area (TPSA) is 85.9 Å². The van der Waals surface area contributed by atoms with Gasteiger partial charge in [-0.3, -0.25) is 10.1 Å². The maximum Gasteiger partial charge on any atom is 0.276 e. The number of nitrogens with one attached hydrogen (secondary N) is 1. The Hall–Kier alpha value is -2.44. The fourth-order valence-electron chi connectivity index (χ4n) is 1.39. The van der Waals surface area contributed by atoms with Crippen LogP contribution >= 0.6 is 0 Å². The van der Waals surface area contributed by atoms with Crippen LogP contribution in [0.2, 0.25) is 0 Å². The molecule has 7 heteroatoms. The van der Waals surface area contributed by atoms with E-state index in [1.807, 2.05) is 6.92 Å². The van der Waals surface area contributed by atoms with Gasteiger partial charge in [0.2, 0.25) is 0 Å². The second-order valence-electron chi connectivity index (χ2n) is 3.54. The van der Waals surface area contributed by atoms with Crippen molar-refractivity contribution in [2.45, 2.75) is 6.92 Å². The number of nitrogens with zero attached hydrogens (tertiary/aromatic N) is 4. The van der Waals surface area contributed by atoms with Gasteiger partial charge in [0, 0.05) is 13.2 Å². The van der Waals surface area contributed by atoms with Crippen LogP contribution in [0.5, 0.6) is 0 Å². The van der Waals surface area contributed by atoms with Crippen LogP contribution in [0, 0.1) is 17.0 Å². The summed E-state index contributed by atoms with van der Waals surface area (Å²) in [6, 6.07) is 2.76. The quantitative estimate of drug-likeness (QED) is 0.641. The molecule has 0 aliphatic rings. The molecule has 0 radical (unpaired) electrons. The van der Waals surface area contributed by atoms with E-state index in [9.17, 15) is 10.1 Å². The van der Waals surface area contributed by atoms with Gasteiger partial charge in [0.1, 0.15) is 5.82 Å². The zero-order valence-corrected chi connectivity index (χ0v) is 9.41. The van der Waals surface area contributed by atoms with Crippen LogP contribution < -0.4 is 5.32 Å². The smallest absolute Gasteiger partial charge is 0.276 e. The first-order chi connectivity index (χ1) is 8.10. The molecule has 0 aliphatic heterocycles. The highest BCUT2D eigenvalue weighted by Gasteiger charge is 2.12. The molecular formula is C10H11N5O2. The molecule has 1 N–H and O–H groups in total. The fraction of sp³-hybridized carbons (Fsp3) is 0.200. The van der Waals surface area contributed by atoms with Crippen molar-refractivity contribution in [2.24, 2.45) is 0 Å². The lowest BCUT2D eigenvalue weighted by molar-refractivity contribution is -0.384. The zero-order chi connectivity index (χ0) is 12.4. The summed E-state index contributed by atoms with van der Waals surface area (Å²) in [7, 11) is 1.66. The van der Waals surface area contributed by atoms with Gasteiger partial charge >= 0.3 is 0 Å². The van der Waals surface area contributed by atoms with Crippen LogP contribution in [-0.2, 0) is 0 Å². The Morgan fingerprint density at radius 1 is 1.47 bits per heavy atom. The number of aromatic nitrogens is 3. The minimum atomic E-state index is -0.456. The number of pyridine rings is 1. The molecule has 0 fully saturated rings. The highest BCUT2D eigenvalue weighted by molar-refractivity contribution is 5.50. The zero-order valence-electron chi connectivity index (χ0n) is 9.41. The highest BCUT2D eigenvalue weighted by atomic mass is 16.6. The second-order valence-corrected chi connectivity index (χ2v) is 3.54. The van der Waals surface area contributed by atoms with E-state index in [1.54, 1.807) is 19.4 Å². The molecule has 0 amide bonds. The maximum absolute atomic E-state index is 10.8. The number of anilines is 1. The monoisotopic (exact) mass is 233 g/mol. The van der Waals surface area contributed by atoms with Crippen molar-refractivity contribution >= 4 is 11.5 Å². The standard InChI is InChI=1S/C10H11N5O2/c1-7-5-12-14(6-7)10-4-8(15(16)17)3-9(11-2)13-10/h3-6H,1-2H3,(H,11,13). The molecule has 7 nitrogen and oxygen atoms in total. The predicted octanol–water partition coefficient (Wildman–Crippen LogP) is 1.53. The molecule has 2 aromatic rings. The minimum absolute atomic E-state index is 0.0208. The normalized spacial score (nSPS) is 10.2. The largest absolute Gasteiger partial charge is 0.373 e. The van der Waals surface area contributed by atoms with Gasteiger partial charge < -0.3 is 5.32 Å². The molecule has 0 spiro atoms. The van der Waals surface area contributed by atoms with E-state index < -0.39 is 4.92 Å². The van der Waals surface area contributed by atoms with Crippen molar-refractivity contribution in [1.29, 1.82) is 0 Å². The van der Waals surface area contributed by atoms with Crippen LogP contribution in [0.3, 0.4) is 0 Å². The predicted molar refractivity (Wildman–Crippen MR) is 62.3 cm³/mol. The molecule has 2 heterocycles. The summed E-state index contributed by atoms with van der Waals surface area (Å²) in [5, 5.41) is 17.6. The van der Waals surface area contributed by atoms with Crippen LogP contribution in [0.4, 0.5) is 11.5 Å². The van der Waals surface area contributed by atoms with Crippen LogP contribution in [0.1, 0.15) is 5.56 Å². The van der Waals surface area contributed by atoms with E-state index in [0.29, 0.717) is 11.6 Å². The number of hydrogen-bond acceptors (Lipinski definition) is 5. The average molecular weight is 233 g/mol. The van der Waals surface area contributed by atoms with Gasteiger partial charge in [-0.25, -0.2) is 9.67 Å². The van der Waals surface area contributed by atoms with E-state index in [-0.39, 0.29) is 5.69 Å². The Kier molecular flexibility index (Phi) is 2.73. The Morgan fingerprint density at radius 2 is 2.24 bits per heavy atom. The summed E-state index contributed by atoms with van der Waals surface area (Å²) in [5.41, 5.74) is 0.941. The van der Waals surface area contributed by atoms with Crippen molar-refractivity contribution in [3.05, 3.63) is 40.2 Å². The molecule has 0 bridgehead atoms. The maximum atomic E-state index is 10.8. The van der Waals surface area contributed by atoms with Gasteiger partial charge in [-0.15, -0.1) is 0 Å². The first-order valence-electron chi connectivity index (χ1n) is 4.96. The third-order valence-corrected chi connectivity index (χ3v) is 2.21. The van der Waals surface area contributed by atoms with E-state index in [0.717, 1.165) is 5.56 Å². The third-order valence-electron chi connectivity index (χ3n) is 2.21. The van der Waals surface area contributed by atoms with Crippen LogP contribution in [0.25, 0.3) is 5.82 Å². The molecule has 0 saturated carbocycles. The number of aryl methyl sites for hydroxylation is 1. The first-order valence-corrected chi connectivity index (χ1v) is 4.96. The van der Waals surface area contributed by atoms with Crippen molar-refractivity contribution in [3.8, 4) is 5.82 Å². The van der Waals surface area contributed by atoms with Crippen molar-refractivity contribution in [2.75, 3.05) is 12.4 Å². The molecule has 0 aliphatic carbocycles. The summed E-state index contributed by atoms with van der Waals surface area (Å²) in [6.07, 6.45) is 3.42. The number of nitro groups is 1. The van der Waals surface area contributed by atoms with E-state index in [2.05, 4.69) is 15.4 Å². The van der Waals surface area contributed by atoms with Gasteiger partial charge in [-0.05, 0) is 12.5 Å². The lowest BCUT2D eigenvalue weighted by atomic mass is 10.3. The Bertz CT molecular complexity index is 564. The van der Waals surface area contributed by atoms with Gasteiger partial charge in [-0.2, -0.15) is 5.10 Å². The minimum Gasteiger partial charge on any atom is -0.373 e. The molecule has 0 unspecified atom stereocenters. The molecular weight excluding hydrogens is 222 g/mol. The molecule has 2 rings (SSSR count). The second kappa shape index (κ2) is 4.20. The lowest BCUT2D eigenvalue weighted by Crippen LogP contribution is -2.03. The Balaban J connectivity index is 2.53.